The highest BCUT2D eigenvalue weighted by Gasteiger charge is 2.00. The molecule has 0 bridgehead atoms. The molecule has 0 unspecified atom stereocenters. The lowest BCUT2D eigenvalue weighted by Gasteiger charge is -2.16. The fourth-order valence-electron chi connectivity index (χ4n) is 1.78. The van der Waals surface area contributed by atoms with Gasteiger partial charge in [0.25, 0.3) is 0 Å². The lowest BCUT2D eigenvalue weighted by atomic mass is 10.0. The Kier molecular flexibility index (Phi) is 5.46. The Balaban J connectivity index is 2.50. The standard InChI is InChI=1S/C13H23N3/c1-11(2)8-12-4-6-13(7-5-12)9-16(3)10-15-14/h4-7,11,15H,8-10,14H2,1-3H3. The molecule has 1 aromatic carbocycles. The smallest absolute Gasteiger partial charge is 0.0612 e. The number of nitrogens with zero attached hydrogens (tertiary/aromatic N) is 1. The summed E-state index contributed by atoms with van der Waals surface area (Å²) in [7, 11) is 2.04. The molecule has 0 amide bonds. The van der Waals surface area contributed by atoms with Gasteiger partial charge in [-0.1, -0.05) is 38.1 Å². The molecular weight excluding hydrogens is 198 g/mol. The van der Waals surface area contributed by atoms with Gasteiger partial charge in [-0.25, -0.2) is 5.43 Å². The third-order valence-corrected chi connectivity index (χ3v) is 2.48. The Bertz CT molecular complexity index is 293. The number of hydrogen-bond acceptors (Lipinski definition) is 3. The van der Waals surface area contributed by atoms with Crippen LogP contribution in [0.5, 0.6) is 0 Å². The molecule has 3 N–H and O–H groups in total. The lowest BCUT2D eigenvalue weighted by Crippen LogP contribution is -2.34. The van der Waals surface area contributed by atoms with Crippen LogP contribution >= 0.6 is 0 Å². The van der Waals surface area contributed by atoms with E-state index in [2.05, 4.69) is 48.4 Å². The molecule has 0 atom stereocenters. The lowest BCUT2D eigenvalue weighted by molar-refractivity contribution is 0.301. The van der Waals surface area contributed by atoms with Crippen molar-refractivity contribution in [3.8, 4) is 0 Å². The average molecular weight is 221 g/mol. The maximum absolute atomic E-state index is 5.27. The summed E-state index contributed by atoms with van der Waals surface area (Å²) < 4.78 is 0. The van der Waals surface area contributed by atoms with Gasteiger partial charge in [-0.15, -0.1) is 0 Å². The van der Waals surface area contributed by atoms with Crippen LogP contribution in [-0.2, 0) is 13.0 Å². The van der Waals surface area contributed by atoms with Gasteiger partial charge in [0.1, 0.15) is 0 Å². The highest BCUT2D eigenvalue weighted by molar-refractivity contribution is 5.22. The van der Waals surface area contributed by atoms with E-state index in [1.807, 2.05) is 7.05 Å². The summed E-state index contributed by atoms with van der Waals surface area (Å²) >= 11 is 0. The molecule has 16 heavy (non-hydrogen) atoms. The van der Waals surface area contributed by atoms with Crippen molar-refractivity contribution in [2.24, 2.45) is 11.8 Å². The van der Waals surface area contributed by atoms with E-state index >= 15 is 0 Å². The SMILES string of the molecule is CC(C)Cc1ccc(CN(C)CNN)cc1. The predicted molar refractivity (Wildman–Crippen MR) is 68.6 cm³/mol. The van der Waals surface area contributed by atoms with Gasteiger partial charge in [0.05, 0.1) is 6.67 Å². The summed E-state index contributed by atoms with van der Waals surface area (Å²) in [5.74, 6) is 5.99. The van der Waals surface area contributed by atoms with Gasteiger partial charge in [-0.3, -0.25) is 10.7 Å². The molecule has 0 spiro atoms. The highest BCUT2D eigenvalue weighted by Crippen LogP contribution is 2.10. The summed E-state index contributed by atoms with van der Waals surface area (Å²) in [5, 5.41) is 0. The zero-order valence-electron chi connectivity index (χ0n) is 10.5. The Labute approximate surface area is 98.6 Å². The van der Waals surface area contributed by atoms with Crippen molar-refractivity contribution in [1.29, 1.82) is 0 Å². The van der Waals surface area contributed by atoms with Gasteiger partial charge in [0.2, 0.25) is 0 Å². The molecule has 3 nitrogen and oxygen atoms in total. The van der Waals surface area contributed by atoms with Crippen LogP contribution in [0.1, 0.15) is 25.0 Å². The second-order valence-electron chi connectivity index (χ2n) is 4.79. The van der Waals surface area contributed by atoms with Gasteiger partial charge in [-0.2, -0.15) is 0 Å². The minimum Gasteiger partial charge on any atom is -0.288 e. The fraction of sp³-hybridized carbons (Fsp3) is 0.538. The van der Waals surface area contributed by atoms with E-state index in [4.69, 9.17) is 5.84 Å². The minimum atomic E-state index is 0.702. The van der Waals surface area contributed by atoms with Crippen molar-refractivity contribution < 1.29 is 0 Å². The average Bonchev–Trinajstić information content (AvgIpc) is 2.20. The van der Waals surface area contributed by atoms with E-state index in [1.54, 1.807) is 0 Å². The van der Waals surface area contributed by atoms with E-state index in [1.165, 1.54) is 11.1 Å². The van der Waals surface area contributed by atoms with Crippen molar-refractivity contribution in [2.45, 2.75) is 26.8 Å². The number of hydrogen-bond donors (Lipinski definition) is 2. The number of benzene rings is 1. The number of nitrogens with one attached hydrogen (secondary N) is 1. The molecule has 0 fully saturated rings. The molecule has 0 saturated carbocycles. The second kappa shape index (κ2) is 6.63. The van der Waals surface area contributed by atoms with Gasteiger partial charge in [0, 0.05) is 6.54 Å². The third-order valence-electron chi connectivity index (χ3n) is 2.48. The molecule has 1 aromatic rings. The Hall–Kier alpha value is -0.900. The van der Waals surface area contributed by atoms with Gasteiger partial charge in [-0.05, 0) is 30.5 Å². The topological polar surface area (TPSA) is 41.3 Å². The van der Waals surface area contributed by atoms with Gasteiger partial charge in [0.15, 0.2) is 0 Å². The van der Waals surface area contributed by atoms with E-state index in [-0.39, 0.29) is 0 Å². The van der Waals surface area contributed by atoms with Crippen LogP contribution in [0, 0.1) is 5.92 Å². The van der Waals surface area contributed by atoms with Crippen LogP contribution in [0.3, 0.4) is 0 Å². The summed E-state index contributed by atoms with van der Waals surface area (Å²) in [6, 6.07) is 8.84. The molecule has 90 valence electrons. The molecule has 0 aliphatic heterocycles. The zero-order chi connectivity index (χ0) is 12.0. The van der Waals surface area contributed by atoms with Crippen LogP contribution in [0.4, 0.5) is 0 Å². The Morgan fingerprint density at radius 2 is 1.75 bits per heavy atom. The zero-order valence-corrected chi connectivity index (χ0v) is 10.5. The van der Waals surface area contributed by atoms with E-state index in [0.29, 0.717) is 6.67 Å². The quantitative estimate of drug-likeness (QED) is 0.437. The van der Waals surface area contributed by atoms with Gasteiger partial charge < -0.3 is 0 Å². The summed E-state index contributed by atoms with van der Waals surface area (Å²) in [6.45, 7) is 6.11. The molecule has 0 aromatic heterocycles. The molecule has 0 aliphatic carbocycles. The van der Waals surface area contributed by atoms with E-state index in [9.17, 15) is 0 Å². The molecule has 1 rings (SSSR count). The van der Waals surface area contributed by atoms with Crippen molar-refractivity contribution in [3.63, 3.8) is 0 Å². The molecule has 0 radical (unpaired) electrons. The molecule has 0 heterocycles. The molecular formula is C13H23N3. The van der Waals surface area contributed by atoms with Crippen molar-refractivity contribution in [1.82, 2.24) is 10.3 Å². The second-order valence-corrected chi connectivity index (χ2v) is 4.79. The Morgan fingerprint density at radius 1 is 1.19 bits per heavy atom. The van der Waals surface area contributed by atoms with Crippen molar-refractivity contribution in [3.05, 3.63) is 35.4 Å². The summed E-state index contributed by atoms with van der Waals surface area (Å²) in [6.07, 6.45) is 1.15. The maximum atomic E-state index is 5.27. The third kappa shape index (κ3) is 4.75. The highest BCUT2D eigenvalue weighted by atomic mass is 15.3. The first kappa shape index (κ1) is 13.2. The number of hydrazine groups is 1. The monoisotopic (exact) mass is 221 g/mol. The molecule has 0 aliphatic rings. The van der Waals surface area contributed by atoms with Crippen LogP contribution in [0.15, 0.2) is 24.3 Å². The fourth-order valence-corrected chi connectivity index (χ4v) is 1.78. The summed E-state index contributed by atoms with van der Waals surface area (Å²) in [4.78, 5) is 2.14. The predicted octanol–water partition coefficient (Wildman–Crippen LogP) is 1.74. The maximum Gasteiger partial charge on any atom is 0.0612 e. The number of nitrogens with two attached hydrogens (primary N) is 1. The first-order valence-electron chi connectivity index (χ1n) is 5.81. The van der Waals surface area contributed by atoms with Crippen molar-refractivity contribution >= 4 is 0 Å². The molecule has 0 saturated heterocycles. The van der Waals surface area contributed by atoms with Crippen molar-refractivity contribution in [2.75, 3.05) is 13.7 Å². The van der Waals surface area contributed by atoms with Gasteiger partial charge >= 0.3 is 0 Å². The number of rotatable bonds is 6. The van der Waals surface area contributed by atoms with Crippen LogP contribution in [0.25, 0.3) is 0 Å². The van der Waals surface area contributed by atoms with E-state index in [0.717, 1.165) is 18.9 Å². The van der Waals surface area contributed by atoms with Crippen LogP contribution in [0.2, 0.25) is 0 Å². The Morgan fingerprint density at radius 3 is 2.25 bits per heavy atom. The first-order valence-corrected chi connectivity index (χ1v) is 5.81. The van der Waals surface area contributed by atoms with Crippen LogP contribution < -0.4 is 11.3 Å². The van der Waals surface area contributed by atoms with Crippen LogP contribution in [-0.4, -0.2) is 18.6 Å². The van der Waals surface area contributed by atoms with E-state index < -0.39 is 0 Å². The first-order chi connectivity index (χ1) is 7.61. The summed E-state index contributed by atoms with van der Waals surface area (Å²) in [5.41, 5.74) is 5.39. The normalized spacial score (nSPS) is 11.4. The minimum absolute atomic E-state index is 0.702. The largest absolute Gasteiger partial charge is 0.288 e. The molecule has 3 heteroatoms.